The summed E-state index contributed by atoms with van der Waals surface area (Å²) in [4.78, 5) is 36.8. The second kappa shape index (κ2) is 10.2. The molecule has 0 unspecified atom stereocenters. The molecule has 3 rings (SSSR count). The highest BCUT2D eigenvalue weighted by atomic mass is 16.6. The van der Waals surface area contributed by atoms with Crippen LogP contribution in [0.25, 0.3) is 11.0 Å². The summed E-state index contributed by atoms with van der Waals surface area (Å²) in [5.41, 5.74) is -0.634. The van der Waals surface area contributed by atoms with Crippen molar-refractivity contribution in [2.45, 2.75) is 26.7 Å². The number of carbonyl (C=O) groups excluding carboxylic acids is 2. The van der Waals surface area contributed by atoms with E-state index in [9.17, 15) is 14.4 Å². The fraction of sp³-hybridized carbons (Fsp3) is 0.208. The predicted molar refractivity (Wildman–Crippen MR) is 115 cm³/mol. The van der Waals surface area contributed by atoms with Gasteiger partial charge in [0.05, 0.1) is 17.6 Å². The summed E-state index contributed by atoms with van der Waals surface area (Å²) in [7, 11) is 0. The molecule has 2 aromatic carbocycles. The summed E-state index contributed by atoms with van der Waals surface area (Å²) in [6, 6.07) is 13.0. The Balaban J connectivity index is 2.02. The van der Waals surface area contributed by atoms with E-state index in [4.69, 9.17) is 18.6 Å². The Hall–Kier alpha value is -3.87. The van der Waals surface area contributed by atoms with Crippen molar-refractivity contribution in [2.75, 3.05) is 6.61 Å². The van der Waals surface area contributed by atoms with Crippen molar-refractivity contribution in [1.29, 1.82) is 0 Å². The van der Waals surface area contributed by atoms with Crippen LogP contribution in [0, 0.1) is 0 Å². The van der Waals surface area contributed by atoms with E-state index >= 15 is 0 Å². The van der Waals surface area contributed by atoms with Gasteiger partial charge < -0.3 is 18.6 Å². The molecule has 160 valence electrons. The van der Waals surface area contributed by atoms with Gasteiger partial charge in [0.15, 0.2) is 17.1 Å². The van der Waals surface area contributed by atoms with Gasteiger partial charge >= 0.3 is 17.6 Å². The fourth-order valence-corrected chi connectivity index (χ4v) is 2.85. The van der Waals surface area contributed by atoms with Gasteiger partial charge in [-0.2, -0.15) is 0 Å². The van der Waals surface area contributed by atoms with Gasteiger partial charge in [-0.1, -0.05) is 43.3 Å². The molecule has 0 aliphatic heterocycles. The van der Waals surface area contributed by atoms with E-state index in [0.29, 0.717) is 18.8 Å². The quantitative estimate of drug-likeness (QED) is 0.225. The van der Waals surface area contributed by atoms with Crippen molar-refractivity contribution >= 4 is 22.9 Å². The molecule has 0 aliphatic rings. The Bertz CT molecular complexity index is 1160. The summed E-state index contributed by atoms with van der Waals surface area (Å²) in [6.07, 6.45) is 5.63. The molecule has 7 nitrogen and oxygen atoms in total. The summed E-state index contributed by atoms with van der Waals surface area (Å²) in [6.45, 7) is 3.59. The summed E-state index contributed by atoms with van der Waals surface area (Å²) >= 11 is 0. The SMILES string of the molecule is CCC=CCCOc1cccc2c(OC(C)=O)c(OC(=O)c3ccccc3)c(=O)oc12. The normalized spacial score (nSPS) is 10.9. The smallest absolute Gasteiger partial charge is 0.383 e. The average Bonchev–Trinajstić information content (AvgIpc) is 2.76. The average molecular weight is 422 g/mol. The summed E-state index contributed by atoms with van der Waals surface area (Å²) in [5.74, 6) is -1.84. The van der Waals surface area contributed by atoms with Gasteiger partial charge in [-0.15, -0.1) is 0 Å². The van der Waals surface area contributed by atoms with Crippen molar-refractivity contribution < 1.29 is 28.2 Å². The van der Waals surface area contributed by atoms with E-state index in [1.807, 2.05) is 19.1 Å². The van der Waals surface area contributed by atoms with Crippen molar-refractivity contribution in [1.82, 2.24) is 0 Å². The highest BCUT2D eigenvalue weighted by molar-refractivity contribution is 5.95. The second-order valence-electron chi connectivity index (χ2n) is 6.55. The van der Waals surface area contributed by atoms with E-state index in [-0.39, 0.29) is 22.3 Å². The molecular weight excluding hydrogens is 400 g/mol. The zero-order chi connectivity index (χ0) is 22.2. The Morgan fingerprint density at radius 2 is 1.74 bits per heavy atom. The molecule has 0 spiro atoms. The van der Waals surface area contributed by atoms with Crippen LogP contribution in [-0.2, 0) is 4.79 Å². The third kappa shape index (κ3) is 5.39. The molecule has 7 heteroatoms. The molecule has 1 heterocycles. The summed E-state index contributed by atoms with van der Waals surface area (Å²) < 4.78 is 21.6. The first-order chi connectivity index (χ1) is 15.0. The molecule has 3 aromatic rings. The van der Waals surface area contributed by atoms with Crippen LogP contribution < -0.4 is 19.8 Å². The molecule has 0 saturated heterocycles. The van der Waals surface area contributed by atoms with Crippen LogP contribution in [0.5, 0.6) is 17.2 Å². The molecule has 0 N–H and O–H groups in total. The minimum atomic E-state index is -0.963. The number of esters is 2. The number of allylic oxidation sites excluding steroid dienone is 1. The Kier molecular flexibility index (Phi) is 7.22. The molecule has 0 atom stereocenters. The molecule has 0 aliphatic carbocycles. The van der Waals surface area contributed by atoms with Crippen molar-refractivity contribution in [2.24, 2.45) is 0 Å². The molecule has 0 radical (unpaired) electrons. The third-order valence-electron chi connectivity index (χ3n) is 4.20. The number of para-hydroxylation sites is 1. The van der Waals surface area contributed by atoms with E-state index in [1.54, 1.807) is 36.4 Å². The molecule has 1 aromatic heterocycles. The number of hydrogen-bond acceptors (Lipinski definition) is 7. The number of ether oxygens (including phenoxy) is 3. The van der Waals surface area contributed by atoms with Gasteiger partial charge in [-0.3, -0.25) is 4.79 Å². The highest BCUT2D eigenvalue weighted by Crippen LogP contribution is 2.37. The van der Waals surface area contributed by atoms with Crippen LogP contribution in [0.2, 0.25) is 0 Å². The molecule has 31 heavy (non-hydrogen) atoms. The van der Waals surface area contributed by atoms with E-state index < -0.39 is 23.3 Å². The lowest BCUT2D eigenvalue weighted by atomic mass is 10.2. The lowest BCUT2D eigenvalue weighted by Crippen LogP contribution is -2.17. The Labute approximate surface area is 178 Å². The van der Waals surface area contributed by atoms with E-state index in [0.717, 1.165) is 6.42 Å². The van der Waals surface area contributed by atoms with E-state index in [2.05, 4.69) is 0 Å². The first-order valence-electron chi connectivity index (χ1n) is 9.84. The maximum Gasteiger partial charge on any atom is 0.383 e. The predicted octanol–water partition coefficient (Wildman–Crippen LogP) is 4.67. The topological polar surface area (TPSA) is 92.0 Å². The minimum Gasteiger partial charge on any atom is -0.489 e. The van der Waals surface area contributed by atoms with Gasteiger partial charge in [0, 0.05) is 6.92 Å². The van der Waals surface area contributed by atoms with Gasteiger partial charge in [-0.25, -0.2) is 9.59 Å². The number of hydrogen-bond donors (Lipinski definition) is 0. The van der Waals surface area contributed by atoms with Crippen molar-refractivity contribution in [3.8, 4) is 17.2 Å². The van der Waals surface area contributed by atoms with Gasteiger partial charge in [-0.05, 0) is 37.1 Å². The largest absolute Gasteiger partial charge is 0.489 e. The first kappa shape index (κ1) is 21.8. The number of benzene rings is 2. The molecule has 0 bridgehead atoms. The zero-order valence-corrected chi connectivity index (χ0v) is 17.3. The molecule has 0 amide bonds. The van der Waals surface area contributed by atoms with Crippen LogP contribution in [0.1, 0.15) is 37.0 Å². The monoisotopic (exact) mass is 422 g/mol. The van der Waals surface area contributed by atoms with Crippen molar-refractivity contribution in [3.63, 3.8) is 0 Å². The van der Waals surface area contributed by atoms with Crippen LogP contribution in [0.4, 0.5) is 0 Å². The van der Waals surface area contributed by atoms with E-state index in [1.165, 1.54) is 19.1 Å². The Morgan fingerprint density at radius 3 is 2.45 bits per heavy atom. The van der Waals surface area contributed by atoms with Gasteiger partial charge in [0.1, 0.15) is 0 Å². The van der Waals surface area contributed by atoms with Crippen molar-refractivity contribution in [3.05, 3.63) is 76.7 Å². The maximum absolute atomic E-state index is 12.7. The minimum absolute atomic E-state index is 0.0998. The molecule has 0 saturated carbocycles. The lowest BCUT2D eigenvalue weighted by molar-refractivity contribution is -0.131. The zero-order valence-electron chi connectivity index (χ0n) is 17.3. The van der Waals surface area contributed by atoms with Crippen LogP contribution in [-0.4, -0.2) is 18.5 Å². The number of rotatable bonds is 8. The third-order valence-corrected chi connectivity index (χ3v) is 4.20. The van der Waals surface area contributed by atoms with Crippen LogP contribution in [0.3, 0.4) is 0 Å². The number of fused-ring (bicyclic) bond motifs is 1. The van der Waals surface area contributed by atoms with Gasteiger partial charge in [0.25, 0.3) is 5.75 Å². The second-order valence-corrected chi connectivity index (χ2v) is 6.55. The van der Waals surface area contributed by atoms with Gasteiger partial charge in [0.2, 0.25) is 0 Å². The maximum atomic E-state index is 12.7. The lowest BCUT2D eigenvalue weighted by Gasteiger charge is -2.13. The Morgan fingerprint density at radius 1 is 0.968 bits per heavy atom. The first-order valence-corrected chi connectivity index (χ1v) is 9.84. The van der Waals surface area contributed by atoms with Crippen LogP contribution >= 0.6 is 0 Å². The highest BCUT2D eigenvalue weighted by Gasteiger charge is 2.24. The van der Waals surface area contributed by atoms with Crippen LogP contribution in [0.15, 0.2) is 69.9 Å². The fourth-order valence-electron chi connectivity index (χ4n) is 2.85. The number of carbonyl (C=O) groups is 2. The molecular formula is C24H22O7. The summed E-state index contributed by atoms with van der Waals surface area (Å²) in [5, 5.41) is 0.271. The molecule has 0 fully saturated rings. The standard InChI is InChI=1S/C24H22O7/c1-3-4-5-9-15-28-19-14-10-13-18-20(19)30-24(27)22(21(18)29-16(2)25)31-23(26)17-11-7-6-8-12-17/h4-8,10-14H,3,9,15H2,1-2H3.